The summed E-state index contributed by atoms with van der Waals surface area (Å²) in [7, 11) is 3.59. The number of hydrogen-bond donors (Lipinski definition) is 2. The Kier molecular flexibility index (Phi) is 11.1. The van der Waals surface area contributed by atoms with Crippen molar-refractivity contribution in [2.45, 2.75) is 45.3 Å². The summed E-state index contributed by atoms with van der Waals surface area (Å²) in [5.74, 6) is 1.45. The summed E-state index contributed by atoms with van der Waals surface area (Å²) in [5.41, 5.74) is 2.55. The molecule has 6 nitrogen and oxygen atoms in total. The zero-order chi connectivity index (χ0) is 21.1. The molecule has 1 heterocycles. The van der Waals surface area contributed by atoms with Crippen molar-refractivity contribution in [3.05, 3.63) is 59.8 Å². The van der Waals surface area contributed by atoms with Gasteiger partial charge in [-0.15, -0.1) is 24.0 Å². The van der Waals surface area contributed by atoms with Gasteiger partial charge in [0.25, 0.3) is 0 Å². The number of guanidine groups is 1. The molecule has 3 rings (SSSR count). The molecule has 2 N–H and O–H groups in total. The number of rotatable bonds is 10. The van der Waals surface area contributed by atoms with Crippen LogP contribution in [-0.4, -0.2) is 38.3 Å². The van der Waals surface area contributed by atoms with E-state index >= 15 is 0 Å². The van der Waals surface area contributed by atoms with Crippen LogP contribution in [0.4, 0.5) is 0 Å². The highest BCUT2D eigenvalue weighted by Gasteiger charge is 2.33. The highest BCUT2D eigenvalue weighted by atomic mass is 127. The standard InChI is InChI=1S/C24H34N4O2.HI/c1-25-23(28-19-24(13-15-29-2)11-6-7-12-24)27-17-21-10-14-26-22(16-21)30-18-20-8-4-3-5-9-20;/h3-5,8-10,14,16H,6-7,11-13,15,17-19H2,1-2H3,(H2,25,27,28);1H. The van der Waals surface area contributed by atoms with Crippen molar-refractivity contribution >= 4 is 29.9 Å². The Morgan fingerprint density at radius 2 is 1.87 bits per heavy atom. The van der Waals surface area contributed by atoms with Crippen LogP contribution in [0.5, 0.6) is 5.88 Å². The zero-order valence-electron chi connectivity index (χ0n) is 18.6. The molecule has 0 saturated heterocycles. The van der Waals surface area contributed by atoms with E-state index < -0.39 is 0 Å². The Morgan fingerprint density at radius 3 is 2.58 bits per heavy atom. The largest absolute Gasteiger partial charge is 0.473 e. The van der Waals surface area contributed by atoms with Gasteiger partial charge in [0.2, 0.25) is 5.88 Å². The molecule has 7 heteroatoms. The Balaban J connectivity index is 0.00000341. The third kappa shape index (κ3) is 8.29. The highest BCUT2D eigenvalue weighted by Crippen LogP contribution is 2.40. The van der Waals surface area contributed by atoms with Crippen molar-refractivity contribution in [1.82, 2.24) is 15.6 Å². The number of pyridine rings is 1. The Morgan fingerprint density at radius 1 is 1.10 bits per heavy atom. The quantitative estimate of drug-likeness (QED) is 0.264. The molecule has 2 aromatic rings. The lowest BCUT2D eigenvalue weighted by Crippen LogP contribution is -2.43. The monoisotopic (exact) mass is 538 g/mol. The summed E-state index contributed by atoms with van der Waals surface area (Å²) in [6, 6.07) is 14.1. The number of nitrogens with zero attached hydrogens (tertiary/aromatic N) is 2. The van der Waals surface area contributed by atoms with Crippen molar-refractivity contribution in [2.75, 3.05) is 27.3 Å². The van der Waals surface area contributed by atoms with Crippen LogP contribution >= 0.6 is 24.0 Å². The van der Waals surface area contributed by atoms with Gasteiger partial charge < -0.3 is 20.1 Å². The molecule has 0 amide bonds. The molecule has 0 spiro atoms. The Hall–Kier alpha value is -1.87. The summed E-state index contributed by atoms with van der Waals surface area (Å²) >= 11 is 0. The molecular formula is C24H35IN4O2. The van der Waals surface area contributed by atoms with E-state index in [9.17, 15) is 0 Å². The summed E-state index contributed by atoms with van der Waals surface area (Å²) in [6.07, 6.45) is 8.01. The van der Waals surface area contributed by atoms with Crippen LogP contribution in [0.1, 0.15) is 43.2 Å². The molecule has 1 aromatic carbocycles. The normalized spacial score (nSPS) is 15.2. The second kappa shape index (κ2) is 13.5. The van der Waals surface area contributed by atoms with Gasteiger partial charge in [-0.1, -0.05) is 43.2 Å². The maximum atomic E-state index is 5.84. The number of aromatic nitrogens is 1. The number of ether oxygens (including phenoxy) is 2. The molecule has 0 bridgehead atoms. The van der Waals surface area contributed by atoms with E-state index in [-0.39, 0.29) is 24.0 Å². The number of halogens is 1. The van der Waals surface area contributed by atoms with Gasteiger partial charge in [-0.25, -0.2) is 4.98 Å². The second-order valence-corrected chi connectivity index (χ2v) is 8.01. The molecule has 0 unspecified atom stereocenters. The lowest BCUT2D eigenvalue weighted by Gasteiger charge is -2.30. The average molecular weight is 538 g/mol. The minimum atomic E-state index is 0. The average Bonchev–Trinajstić information content (AvgIpc) is 3.26. The first-order valence-corrected chi connectivity index (χ1v) is 10.8. The number of methoxy groups -OCH3 is 1. The lowest BCUT2D eigenvalue weighted by atomic mass is 9.83. The first-order valence-electron chi connectivity index (χ1n) is 10.8. The predicted octanol–water partition coefficient (Wildman–Crippen LogP) is 4.54. The Labute approximate surface area is 203 Å². The van der Waals surface area contributed by atoms with E-state index in [4.69, 9.17) is 9.47 Å². The topological polar surface area (TPSA) is 67.8 Å². The molecule has 1 aliphatic carbocycles. The fourth-order valence-corrected chi connectivity index (χ4v) is 4.01. The first-order chi connectivity index (χ1) is 14.7. The smallest absolute Gasteiger partial charge is 0.213 e. The molecule has 31 heavy (non-hydrogen) atoms. The molecule has 1 aliphatic rings. The van der Waals surface area contributed by atoms with Gasteiger partial charge in [-0.2, -0.15) is 0 Å². The predicted molar refractivity (Wildman–Crippen MR) is 136 cm³/mol. The minimum absolute atomic E-state index is 0. The fourth-order valence-electron chi connectivity index (χ4n) is 4.01. The first kappa shape index (κ1) is 25.4. The molecule has 170 valence electrons. The molecule has 1 fully saturated rings. The van der Waals surface area contributed by atoms with E-state index in [1.165, 1.54) is 25.7 Å². The van der Waals surface area contributed by atoms with Gasteiger partial charge in [0.15, 0.2) is 5.96 Å². The Bertz CT molecular complexity index is 795. The van der Waals surface area contributed by atoms with Crippen LogP contribution in [0.2, 0.25) is 0 Å². The van der Waals surface area contributed by atoms with E-state index in [2.05, 4.69) is 20.6 Å². The van der Waals surface area contributed by atoms with E-state index in [0.29, 0.717) is 24.4 Å². The molecule has 0 radical (unpaired) electrons. The van der Waals surface area contributed by atoms with E-state index in [1.807, 2.05) is 49.5 Å². The van der Waals surface area contributed by atoms with E-state index in [1.54, 1.807) is 13.3 Å². The summed E-state index contributed by atoms with van der Waals surface area (Å²) in [6.45, 7) is 2.92. The fraction of sp³-hybridized carbons (Fsp3) is 0.500. The molecule has 1 aromatic heterocycles. The van der Waals surface area contributed by atoms with Gasteiger partial charge in [-0.3, -0.25) is 4.99 Å². The van der Waals surface area contributed by atoms with Crippen LogP contribution in [0.25, 0.3) is 0 Å². The van der Waals surface area contributed by atoms with Crippen LogP contribution < -0.4 is 15.4 Å². The van der Waals surface area contributed by atoms with Crippen molar-refractivity contribution in [1.29, 1.82) is 0 Å². The van der Waals surface area contributed by atoms with Crippen molar-refractivity contribution < 1.29 is 9.47 Å². The van der Waals surface area contributed by atoms with Crippen LogP contribution in [-0.2, 0) is 17.9 Å². The van der Waals surface area contributed by atoms with Crippen LogP contribution in [0.15, 0.2) is 53.7 Å². The third-order valence-electron chi connectivity index (χ3n) is 5.84. The van der Waals surface area contributed by atoms with Crippen LogP contribution in [0.3, 0.4) is 0 Å². The second-order valence-electron chi connectivity index (χ2n) is 8.01. The van der Waals surface area contributed by atoms with Crippen LogP contribution in [0, 0.1) is 5.41 Å². The van der Waals surface area contributed by atoms with Crippen molar-refractivity contribution in [3.8, 4) is 5.88 Å². The third-order valence-corrected chi connectivity index (χ3v) is 5.84. The SMILES string of the molecule is CN=C(NCc1ccnc(OCc2ccccc2)c1)NCC1(CCOC)CCCC1.I. The minimum Gasteiger partial charge on any atom is -0.473 e. The maximum absolute atomic E-state index is 5.84. The molecular weight excluding hydrogens is 503 g/mol. The van der Waals surface area contributed by atoms with Crippen molar-refractivity contribution in [2.24, 2.45) is 10.4 Å². The van der Waals surface area contributed by atoms with Gasteiger partial charge in [-0.05, 0) is 41.9 Å². The van der Waals surface area contributed by atoms with Gasteiger partial charge in [0.05, 0.1) is 0 Å². The molecule has 1 saturated carbocycles. The number of aliphatic imine (C=N–C) groups is 1. The van der Waals surface area contributed by atoms with Gasteiger partial charge in [0.1, 0.15) is 6.61 Å². The highest BCUT2D eigenvalue weighted by molar-refractivity contribution is 14.0. The zero-order valence-corrected chi connectivity index (χ0v) is 20.9. The van der Waals surface area contributed by atoms with Gasteiger partial charge >= 0.3 is 0 Å². The lowest BCUT2D eigenvalue weighted by molar-refractivity contribution is 0.138. The summed E-state index contributed by atoms with van der Waals surface area (Å²) < 4.78 is 11.2. The summed E-state index contributed by atoms with van der Waals surface area (Å²) in [5, 5.41) is 6.94. The number of nitrogens with one attached hydrogen (secondary N) is 2. The van der Waals surface area contributed by atoms with E-state index in [0.717, 1.165) is 36.7 Å². The molecule has 0 aliphatic heterocycles. The number of hydrogen-bond acceptors (Lipinski definition) is 4. The number of benzene rings is 1. The summed E-state index contributed by atoms with van der Waals surface area (Å²) in [4.78, 5) is 8.71. The maximum Gasteiger partial charge on any atom is 0.213 e. The van der Waals surface area contributed by atoms with Crippen molar-refractivity contribution in [3.63, 3.8) is 0 Å². The van der Waals surface area contributed by atoms with Gasteiger partial charge in [0, 0.05) is 46.1 Å². The molecule has 0 atom stereocenters.